The molecule has 3 atom stereocenters. The molecule has 3 rings (SSSR count). The number of rotatable bonds is 33. The van der Waals surface area contributed by atoms with Crippen LogP contribution < -0.4 is 31.3 Å². The van der Waals surface area contributed by atoms with E-state index in [1.165, 1.54) is 90.1 Å². The third-order valence-corrected chi connectivity index (χ3v) is 11.0. The zero-order valence-electron chi connectivity index (χ0n) is 42.3. The number of anilines is 3. The molecular formula is C48H57FeN6O24. The van der Waals surface area contributed by atoms with Crippen molar-refractivity contribution in [3.8, 4) is 0 Å². The number of aliphatic carboxylic acids is 9. The monoisotopic (exact) mass is 1160 g/mol. The van der Waals surface area contributed by atoms with Gasteiger partial charge in [-0.1, -0.05) is 36.4 Å². The summed E-state index contributed by atoms with van der Waals surface area (Å²) in [7, 11) is 0. The number of benzene rings is 3. The van der Waals surface area contributed by atoms with E-state index in [-0.39, 0.29) is 106 Å². The van der Waals surface area contributed by atoms with Crippen LogP contribution in [0.4, 0.5) is 17.1 Å². The van der Waals surface area contributed by atoms with E-state index in [2.05, 4.69) is 16.0 Å². The Morgan fingerprint density at radius 2 is 0.595 bits per heavy atom. The van der Waals surface area contributed by atoms with Gasteiger partial charge < -0.3 is 91.6 Å². The fraction of sp³-hybridized carbons (Fsp3) is 0.375. The van der Waals surface area contributed by atoms with Gasteiger partial charge in [0, 0.05) is 88.2 Å². The molecule has 431 valence electrons. The van der Waals surface area contributed by atoms with Crippen molar-refractivity contribution in [2.24, 2.45) is 0 Å². The third kappa shape index (κ3) is 25.2. The second-order valence-electron chi connectivity index (χ2n) is 16.5. The number of carbonyl (C=O) groups is 12. The van der Waals surface area contributed by atoms with Gasteiger partial charge in [-0.3, -0.25) is 57.9 Å². The Labute approximate surface area is 458 Å². The Morgan fingerprint density at radius 1 is 0.380 bits per heavy atom. The number of carboxylic acids is 12. The molecule has 30 nitrogen and oxygen atoms in total. The number of nitrogens with zero attached hydrogens (tertiary/aromatic N) is 3. The van der Waals surface area contributed by atoms with E-state index < -0.39 is 129 Å². The summed E-state index contributed by atoms with van der Waals surface area (Å²) in [6.45, 7) is 1.12. The van der Waals surface area contributed by atoms with Gasteiger partial charge in [0.1, 0.15) is 19.6 Å². The van der Waals surface area contributed by atoms with Crippen LogP contribution in [0.15, 0.2) is 54.6 Å². The molecule has 1 radical (unpaired) electrons. The molecule has 0 heterocycles. The number of hydrogen-bond acceptors (Lipinski definition) is 21. The average molecular weight is 1160 g/mol. The number of carboxylic acid groups (broad SMARTS) is 12. The molecule has 0 aliphatic rings. The van der Waals surface area contributed by atoms with Crippen molar-refractivity contribution in [3.05, 3.63) is 88.0 Å². The largest absolute Gasteiger partial charge is 3.00 e. The summed E-state index contributed by atoms with van der Waals surface area (Å²) in [4.78, 5) is 136. The zero-order chi connectivity index (χ0) is 59.6. The molecule has 12 N–H and O–H groups in total. The molecule has 0 saturated carbocycles. The second kappa shape index (κ2) is 34.7. The second-order valence-corrected chi connectivity index (χ2v) is 16.5. The normalized spacial score (nSPS) is 11.6. The summed E-state index contributed by atoms with van der Waals surface area (Å²) in [5.74, 6) is -15.1. The standard InChI is InChI=1S/3C16H20N2O8.Fe/c3*1-9(18(8-14(23)24)6-5-12(19)20)15-10(16(25)26)3-2-4-11(15)17-7-13(21)22;/h3*2-4,9,17H,5-8H2,1H3,(H,19,20)(H,21,22)(H,23,24)(H,25,26);/q;;;+3/p-3. The van der Waals surface area contributed by atoms with Crippen LogP contribution in [-0.4, -0.2) is 191 Å². The van der Waals surface area contributed by atoms with Crippen LogP contribution >= 0.6 is 0 Å². The van der Waals surface area contributed by atoms with Gasteiger partial charge in [-0.25, -0.2) is 0 Å². The Morgan fingerprint density at radius 3 is 0.759 bits per heavy atom. The van der Waals surface area contributed by atoms with E-state index in [1.807, 2.05) is 0 Å². The molecule has 3 unspecified atom stereocenters. The maximum Gasteiger partial charge on any atom is 3.00 e. The molecule has 0 aliphatic heterocycles. The molecule has 0 bridgehead atoms. The Bertz CT molecular complexity index is 2400. The van der Waals surface area contributed by atoms with Gasteiger partial charge in [-0.05, 0) is 39.0 Å². The first kappa shape index (κ1) is 70.1. The first-order valence-corrected chi connectivity index (χ1v) is 22.8. The van der Waals surface area contributed by atoms with Crippen molar-refractivity contribution < 1.29 is 136 Å². The summed E-state index contributed by atoms with van der Waals surface area (Å²) < 4.78 is 0. The Kier molecular flexibility index (Phi) is 30.8. The smallest absolute Gasteiger partial charge is 0.545 e. The van der Waals surface area contributed by atoms with E-state index in [9.17, 15) is 72.9 Å². The Balaban J connectivity index is 0.00000115. The van der Waals surface area contributed by atoms with Crippen LogP contribution in [0.25, 0.3) is 0 Å². The van der Waals surface area contributed by atoms with Gasteiger partial charge >= 0.3 is 70.8 Å². The van der Waals surface area contributed by atoms with Gasteiger partial charge in [0.2, 0.25) is 0 Å². The van der Waals surface area contributed by atoms with Crippen molar-refractivity contribution in [3.63, 3.8) is 0 Å². The molecule has 0 fully saturated rings. The van der Waals surface area contributed by atoms with Crippen LogP contribution in [0.2, 0.25) is 0 Å². The minimum Gasteiger partial charge on any atom is -0.545 e. The fourth-order valence-corrected chi connectivity index (χ4v) is 7.57. The molecule has 0 amide bonds. The number of carbonyl (C=O) groups excluding carboxylic acids is 3. The summed E-state index contributed by atoms with van der Waals surface area (Å²) >= 11 is 0. The first-order valence-electron chi connectivity index (χ1n) is 22.8. The summed E-state index contributed by atoms with van der Waals surface area (Å²) in [6.07, 6.45) is -1.03. The molecule has 3 aromatic carbocycles. The topological polar surface area (TPSA) is 502 Å². The molecule has 0 spiro atoms. The van der Waals surface area contributed by atoms with Gasteiger partial charge in [0.05, 0.1) is 56.8 Å². The van der Waals surface area contributed by atoms with Crippen molar-refractivity contribution in [1.29, 1.82) is 0 Å². The maximum absolute atomic E-state index is 11.4. The van der Waals surface area contributed by atoms with Gasteiger partial charge in [-0.2, -0.15) is 0 Å². The number of nitrogens with one attached hydrogen (secondary N) is 3. The SMILES string of the molecule is CC(c1c(NCC(=O)O)cccc1C(=O)[O-])N(CCC(=O)O)CC(=O)O.CC(c1c(NCC(=O)O)cccc1C(=O)[O-])N(CCC(=O)O)CC(=O)O.CC(c1c(NCC(=O)O)cccc1C(=O)[O-])N(CCC(=O)O)CC(=O)O.[Fe+3]. The first-order chi connectivity index (χ1) is 36.4. The van der Waals surface area contributed by atoms with Crippen molar-refractivity contribution >= 4 is 88.7 Å². The van der Waals surface area contributed by atoms with E-state index in [4.69, 9.17) is 46.0 Å². The van der Waals surface area contributed by atoms with Crippen LogP contribution in [0, 0.1) is 0 Å². The van der Waals surface area contributed by atoms with Crippen molar-refractivity contribution in [1.82, 2.24) is 14.7 Å². The molecule has 3 aromatic rings. The van der Waals surface area contributed by atoms with Crippen LogP contribution in [0.1, 0.15) is 106 Å². The minimum absolute atomic E-state index is 0. The number of aromatic carboxylic acids is 3. The van der Waals surface area contributed by atoms with E-state index >= 15 is 0 Å². The van der Waals surface area contributed by atoms with E-state index in [0.717, 1.165) is 0 Å². The van der Waals surface area contributed by atoms with E-state index in [0.29, 0.717) is 0 Å². The van der Waals surface area contributed by atoms with Crippen LogP contribution in [0.3, 0.4) is 0 Å². The number of hydrogen-bond donors (Lipinski definition) is 12. The predicted molar refractivity (Wildman–Crippen MR) is 260 cm³/mol. The molecule has 0 saturated heterocycles. The molecule has 79 heavy (non-hydrogen) atoms. The molecule has 0 aromatic heterocycles. The maximum atomic E-state index is 11.4. The fourth-order valence-electron chi connectivity index (χ4n) is 7.57. The van der Waals surface area contributed by atoms with Crippen LogP contribution in [0.5, 0.6) is 0 Å². The van der Waals surface area contributed by atoms with Gasteiger partial charge in [0.15, 0.2) is 0 Å². The van der Waals surface area contributed by atoms with Crippen molar-refractivity contribution in [2.75, 3.05) is 74.9 Å². The molecule has 31 heteroatoms. The van der Waals surface area contributed by atoms with Gasteiger partial charge in [0.25, 0.3) is 0 Å². The molecule has 0 aliphatic carbocycles. The average Bonchev–Trinajstić information content (AvgIpc) is 3.34. The van der Waals surface area contributed by atoms with E-state index in [1.54, 1.807) is 0 Å². The summed E-state index contributed by atoms with van der Waals surface area (Å²) in [6, 6.07) is 9.84. The summed E-state index contributed by atoms with van der Waals surface area (Å²) in [5, 5.41) is 122. The van der Waals surface area contributed by atoms with Crippen LogP contribution in [-0.2, 0) is 60.2 Å². The predicted octanol–water partition coefficient (Wildman–Crippen LogP) is -1.60. The van der Waals surface area contributed by atoms with Crippen molar-refractivity contribution in [2.45, 2.75) is 58.2 Å². The quantitative estimate of drug-likeness (QED) is 0.0306. The third-order valence-electron chi connectivity index (χ3n) is 11.0. The Hall–Kier alpha value is -8.90. The van der Waals surface area contributed by atoms with Gasteiger partial charge in [-0.15, -0.1) is 0 Å². The minimum atomic E-state index is -1.51. The summed E-state index contributed by atoms with van der Waals surface area (Å²) in [5.41, 5.74) is 0.226. The molecular weight excluding hydrogens is 1100 g/mol. The zero-order valence-corrected chi connectivity index (χ0v) is 43.4.